The van der Waals surface area contributed by atoms with Crippen molar-refractivity contribution in [3.8, 4) is 11.1 Å². The van der Waals surface area contributed by atoms with Gasteiger partial charge in [-0.25, -0.2) is 14.8 Å². The summed E-state index contributed by atoms with van der Waals surface area (Å²) in [5.41, 5.74) is 15.6. The molecule has 1 aliphatic rings. The van der Waals surface area contributed by atoms with Gasteiger partial charge in [0.1, 0.15) is 18.8 Å². The Labute approximate surface area is 178 Å². The summed E-state index contributed by atoms with van der Waals surface area (Å²) in [6.45, 7) is -0.0950. The van der Waals surface area contributed by atoms with Crippen LogP contribution in [0.15, 0.2) is 54.7 Å². The Bertz CT molecular complexity index is 1060. The van der Waals surface area contributed by atoms with Gasteiger partial charge in [0.25, 0.3) is 0 Å². The van der Waals surface area contributed by atoms with E-state index >= 15 is 0 Å². The van der Waals surface area contributed by atoms with E-state index in [4.69, 9.17) is 16.2 Å². The summed E-state index contributed by atoms with van der Waals surface area (Å²) in [6.07, 6.45) is -2.22. The first-order chi connectivity index (χ1) is 15.0. The van der Waals surface area contributed by atoms with Crippen molar-refractivity contribution >= 4 is 17.7 Å². The fourth-order valence-electron chi connectivity index (χ4n) is 3.72. The Kier molecular flexibility index (Phi) is 5.70. The van der Waals surface area contributed by atoms with Crippen molar-refractivity contribution in [2.45, 2.75) is 18.1 Å². The summed E-state index contributed by atoms with van der Waals surface area (Å²) >= 11 is 0. The molecule has 0 bridgehead atoms. The van der Waals surface area contributed by atoms with Gasteiger partial charge in [0.15, 0.2) is 11.6 Å². The molecule has 9 heteroatoms. The molecule has 0 spiro atoms. The molecule has 1 aromatic heterocycles. The van der Waals surface area contributed by atoms with E-state index in [1.165, 1.54) is 6.20 Å². The van der Waals surface area contributed by atoms with E-state index in [0.717, 1.165) is 22.3 Å². The maximum absolute atomic E-state index is 12.2. The zero-order chi connectivity index (χ0) is 22.0. The Balaban J connectivity index is 1.34. The van der Waals surface area contributed by atoms with Gasteiger partial charge < -0.3 is 31.7 Å². The summed E-state index contributed by atoms with van der Waals surface area (Å²) in [5, 5.41) is 22.8. The molecule has 0 radical (unpaired) electrons. The quantitative estimate of drug-likeness (QED) is 0.401. The first kappa shape index (κ1) is 20.6. The van der Waals surface area contributed by atoms with Gasteiger partial charge in [-0.1, -0.05) is 48.5 Å². The van der Waals surface area contributed by atoms with Crippen molar-refractivity contribution in [2.24, 2.45) is 0 Å². The number of aromatic nitrogens is 2. The van der Waals surface area contributed by atoms with Crippen LogP contribution in [0.4, 0.5) is 16.4 Å². The molecule has 31 heavy (non-hydrogen) atoms. The fourth-order valence-corrected chi connectivity index (χ4v) is 3.72. The molecule has 1 amide bonds. The Morgan fingerprint density at radius 1 is 1.03 bits per heavy atom. The summed E-state index contributed by atoms with van der Waals surface area (Å²) in [5.74, 6) is -0.0860. The number of aliphatic hydroxyl groups is 2. The average Bonchev–Trinajstić information content (AvgIpc) is 3.11. The monoisotopic (exact) mass is 421 g/mol. The Morgan fingerprint density at radius 3 is 2.26 bits per heavy atom. The lowest BCUT2D eigenvalue weighted by molar-refractivity contribution is 0.0159. The average molecular weight is 421 g/mol. The van der Waals surface area contributed by atoms with Crippen molar-refractivity contribution in [3.05, 3.63) is 71.5 Å². The zero-order valence-corrected chi connectivity index (χ0v) is 16.6. The van der Waals surface area contributed by atoms with E-state index in [0.29, 0.717) is 0 Å². The van der Waals surface area contributed by atoms with Crippen LogP contribution in [0.1, 0.15) is 28.8 Å². The predicted molar refractivity (Wildman–Crippen MR) is 115 cm³/mol. The number of ether oxygens (including phenoxy) is 1. The molecule has 3 aromatic rings. The number of hydrogen-bond acceptors (Lipinski definition) is 8. The number of nitrogen functional groups attached to an aromatic ring is 2. The molecule has 2 aromatic carbocycles. The number of fused-ring (bicyclic) bond motifs is 3. The van der Waals surface area contributed by atoms with Crippen LogP contribution in [0, 0.1) is 0 Å². The summed E-state index contributed by atoms with van der Waals surface area (Å²) in [6, 6.07) is 16.1. The van der Waals surface area contributed by atoms with Gasteiger partial charge >= 0.3 is 6.09 Å². The summed E-state index contributed by atoms with van der Waals surface area (Å²) in [7, 11) is 0. The highest BCUT2D eigenvalue weighted by atomic mass is 16.5. The molecule has 2 unspecified atom stereocenters. The van der Waals surface area contributed by atoms with Crippen molar-refractivity contribution in [1.29, 1.82) is 0 Å². The number of benzene rings is 2. The van der Waals surface area contributed by atoms with Gasteiger partial charge in [-0.3, -0.25) is 0 Å². The van der Waals surface area contributed by atoms with Gasteiger partial charge in [0.2, 0.25) is 0 Å². The van der Waals surface area contributed by atoms with Crippen LogP contribution in [0.3, 0.4) is 0 Å². The number of rotatable bonds is 6. The van der Waals surface area contributed by atoms with E-state index < -0.39 is 18.3 Å². The minimum Gasteiger partial charge on any atom is -0.449 e. The van der Waals surface area contributed by atoms with Crippen LogP contribution >= 0.6 is 0 Å². The summed E-state index contributed by atoms with van der Waals surface area (Å²) in [4.78, 5) is 19.9. The Morgan fingerprint density at radius 2 is 1.65 bits per heavy atom. The zero-order valence-electron chi connectivity index (χ0n) is 16.6. The number of carbonyl (C=O) groups is 1. The standard InChI is InChI=1S/C22H23N5O4/c23-20-21(24)27-17(9-25-20)19(29)18(28)10-26-22(30)31-11-16-14-7-3-1-5-12(14)13-6-2-4-8-15(13)16/h1-9,16,18-19,28-29H,10-11H2,(H2,23,25)(H2,24,27)(H,26,30). The highest BCUT2D eigenvalue weighted by molar-refractivity contribution is 5.79. The molecule has 0 saturated heterocycles. The highest BCUT2D eigenvalue weighted by Crippen LogP contribution is 2.44. The lowest BCUT2D eigenvalue weighted by Crippen LogP contribution is -2.36. The predicted octanol–water partition coefficient (Wildman–Crippen LogP) is 1.57. The van der Waals surface area contributed by atoms with Crippen LogP contribution in [-0.4, -0.2) is 45.5 Å². The van der Waals surface area contributed by atoms with E-state index in [-0.39, 0.29) is 36.4 Å². The molecular formula is C22H23N5O4. The topological polar surface area (TPSA) is 157 Å². The minimum absolute atomic E-state index is 0.0298. The Hall–Kier alpha value is -3.69. The molecule has 1 aliphatic carbocycles. The maximum Gasteiger partial charge on any atom is 0.407 e. The van der Waals surface area contributed by atoms with Crippen molar-refractivity contribution in [2.75, 3.05) is 24.6 Å². The lowest BCUT2D eigenvalue weighted by atomic mass is 9.98. The number of anilines is 2. The van der Waals surface area contributed by atoms with Crippen molar-refractivity contribution in [3.63, 3.8) is 0 Å². The van der Waals surface area contributed by atoms with Crippen molar-refractivity contribution < 1.29 is 19.7 Å². The SMILES string of the molecule is Nc1ncc(C(O)C(O)CNC(=O)OCC2c3ccccc3-c3ccccc32)nc1N. The molecule has 0 saturated carbocycles. The van der Waals surface area contributed by atoms with Crippen LogP contribution < -0.4 is 16.8 Å². The number of carbonyl (C=O) groups excluding carboxylic acids is 1. The van der Waals surface area contributed by atoms with E-state index in [1.807, 2.05) is 36.4 Å². The molecule has 9 nitrogen and oxygen atoms in total. The number of alkyl carbamates (subject to hydrolysis) is 1. The second-order valence-corrected chi connectivity index (χ2v) is 7.28. The lowest BCUT2D eigenvalue weighted by Gasteiger charge is -2.19. The van der Waals surface area contributed by atoms with Gasteiger partial charge in [-0.05, 0) is 22.3 Å². The molecule has 4 rings (SSSR count). The molecule has 0 aliphatic heterocycles. The largest absolute Gasteiger partial charge is 0.449 e. The number of nitrogens with two attached hydrogens (primary N) is 2. The van der Waals surface area contributed by atoms with Gasteiger partial charge in [0.05, 0.1) is 11.9 Å². The smallest absolute Gasteiger partial charge is 0.407 e. The van der Waals surface area contributed by atoms with E-state index in [2.05, 4.69) is 27.4 Å². The second-order valence-electron chi connectivity index (χ2n) is 7.28. The van der Waals surface area contributed by atoms with Crippen LogP contribution in [0.2, 0.25) is 0 Å². The normalized spacial score (nSPS) is 14.4. The minimum atomic E-state index is -1.40. The third-order valence-corrected chi connectivity index (χ3v) is 5.31. The molecule has 2 atom stereocenters. The summed E-state index contributed by atoms with van der Waals surface area (Å²) < 4.78 is 5.40. The van der Waals surface area contributed by atoms with Gasteiger partial charge in [-0.2, -0.15) is 0 Å². The highest BCUT2D eigenvalue weighted by Gasteiger charge is 2.29. The number of nitrogens with one attached hydrogen (secondary N) is 1. The number of aliphatic hydroxyl groups excluding tert-OH is 2. The molecule has 1 heterocycles. The van der Waals surface area contributed by atoms with Gasteiger partial charge in [-0.15, -0.1) is 0 Å². The number of hydrogen-bond donors (Lipinski definition) is 5. The third kappa shape index (κ3) is 4.14. The molecular weight excluding hydrogens is 398 g/mol. The number of amides is 1. The second kappa shape index (κ2) is 8.58. The van der Waals surface area contributed by atoms with Crippen molar-refractivity contribution in [1.82, 2.24) is 15.3 Å². The maximum atomic E-state index is 12.2. The van der Waals surface area contributed by atoms with Crippen LogP contribution in [0.25, 0.3) is 11.1 Å². The first-order valence-electron chi connectivity index (χ1n) is 9.78. The molecule has 7 N–H and O–H groups in total. The third-order valence-electron chi connectivity index (χ3n) is 5.31. The molecule has 160 valence electrons. The van der Waals surface area contributed by atoms with Crippen LogP contribution in [-0.2, 0) is 4.74 Å². The first-order valence-corrected chi connectivity index (χ1v) is 9.78. The van der Waals surface area contributed by atoms with Gasteiger partial charge in [0, 0.05) is 12.5 Å². The van der Waals surface area contributed by atoms with Crippen LogP contribution in [0.5, 0.6) is 0 Å². The number of nitrogens with zero attached hydrogens (tertiary/aromatic N) is 2. The fraction of sp³-hybridized carbons (Fsp3) is 0.227. The van der Waals surface area contributed by atoms with E-state index in [9.17, 15) is 15.0 Å². The van der Waals surface area contributed by atoms with E-state index in [1.54, 1.807) is 0 Å². The molecule has 0 fully saturated rings.